The summed E-state index contributed by atoms with van der Waals surface area (Å²) in [6.07, 6.45) is 2.95. The molecule has 3 aliphatic rings. The van der Waals surface area contributed by atoms with Crippen LogP contribution < -0.4 is 4.74 Å². The highest BCUT2D eigenvalue weighted by molar-refractivity contribution is 5.78. The number of aryl methyl sites for hydroxylation is 4. The van der Waals surface area contributed by atoms with Crippen LogP contribution in [0.1, 0.15) is 22.3 Å². The number of rotatable bonds is 0. The maximum absolute atomic E-state index is 10.8. The number of hydrogen-bond donors (Lipinski definition) is 3. The van der Waals surface area contributed by atoms with E-state index in [9.17, 15) is 15.3 Å². The highest BCUT2D eigenvalue weighted by Gasteiger charge is 2.15. The lowest BCUT2D eigenvalue weighted by molar-refractivity contribution is 0.410. The third kappa shape index (κ3) is 4.00. The van der Waals surface area contributed by atoms with Gasteiger partial charge < -0.3 is 20.1 Å². The second kappa shape index (κ2) is 8.31. The van der Waals surface area contributed by atoms with Crippen LogP contribution in [-0.4, -0.2) is 15.3 Å². The molecular weight excluding hydrogens is 400 g/mol. The molecule has 4 heteroatoms. The summed E-state index contributed by atoms with van der Waals surface area (Å²) in [5.74, 6) is 1.49. The van der Waals surface area contributed by atoms with E-state index in [1.807, 2.05) is 60.7 Å². The molecule has 4 aromatic carbocycles. The normalized spacial score (nSPS) is 13.1. The van der Waals surface area contributed by atoms with Crippen molar-refractivity contribution in [1.82, 2.24) is 0 Å². The Kier molecular flexibility index (Phi) is 5.20. The van der Waals surface area contributed by atoms with E-state index in [1.165, 1.54) is 0 Å². The van der Waals surface area contributed by atoms with Crippen LogP contribution in [0.15, 0.2) is 78.9 Å². The van der Waals surface area contributed by atoms with E-state index in [1.54, 1.807) is 18.2 Å². The second-order valence-electron chi connectivity index (χ2n) is 8.21. The van der Waals surface area contributed by atoms with Gasteiger partial charge in [0.1, 0.15) is 17.2 Å². The lowest BCUT2D eigenvalue weighted by Crippen LogP contribution is -1.97. The van der Waals surface area contributed by atoms with Crippen LogP contribution in [0.4, 0.5) is 0 Å². The summed E-state index contributed by atoms with van der Waals surface area (Å²) in [4.78, 5) is 0. The molecule has 4 aromatic rings. The number of benzene rings is 4. The number of ether oxygens (including phenoxy) is 1. The molecule has 0 atom stereocenters. The molecule has 4 nitrogen and oxygen atoms in total. The molecule has 0 unspecified atom stereocenters. The van der Waals surface area contributed by atoms with E-state index < -0.39 is 0 Å². The van der Waals surface area contributed by atoms with Crippen LogP contribution in [0.25, 0.3) is 11.1 Å². The van der Waals surface area contributed by atoms with Crippen LogP contribution >= 0.6 is 0 Å². The molecule has 0 amide bonds. The Morgan fingerprint density at radius 2 is 1.25 bits per heavy atom. The molecule has 0 fully saturated rings. The second-order valence-corrected chi connectivity index (χ2v) is 8.21. The van der Waals surface area contributed by atoms with Crippen molar-refractivity contribution in [1.29, 1.82) is 0 Å². The van der Waals surface area contributed by atoms with Gasteiger partial charge in [-0.3, -0.25) is 0 Å². The molecule has 0 saturated heterocycles. The van der Waals surface area contributed by atoms with Gasteiger partial charge >= 0.3 is 0 Å². The highest BCUT2D eigenvalue weighted by Crippen LogP contribution is 2.39. The maximum atomic E-state index is 10.8. The smallest absolute Gasteiger partial charge is 0.169 e. The van der Waals surface area contributed by atoms with Crippen molar-refractivity contribution in [2.45, 2.75) is 25.7 Å². The van der Waals surface area contributed by atoms with Crippen molar-refractivity contribution in [3.63, 3.8) is 0 Å². The third-order valence-corrected chi connectivity index (χ3v) is 6.02. The van der Waals surface area contributed by atoms with Gasteiger partial charge in [-0.05, 0) is 84.3 Å². The Bertz CT molecular complexity index is 1280. The zero-order chi connectivity index (χ0) is 22.1. The predicted octanol–water partition coefficient (Wildman–Crippen LogP) is 6.15. The van der Waals surface area contributed by atoms with Crippen LogP contribution in [0.2, 0.25) is 0 Å². The maximum Gasteiger partial charge on any atom is 0.169 e. The van der Waals surface area contributed by atoms with Gasteiger partial charge in [0.2, 0.25) is 0 Å². The molecule has 3 N–H and O–H groups in total. The van der Waals surface area contributed by atoms with Gasteiger partial charge in [-0.2, -0.15) is 0 Å². The van der Waals surface area contributed by atoms with Crippen molar-refractivity contribution < 1.29 is 20.1 Å². The molecule has 32 heavy (non-hydrogen) atoms. The van der Waals surface area contributed by atoms with Gasteiger partial charge in [0, 0.05) is 11.1 Å². The van der Waals surface area contributed by atoms with Gasteiger partial charge in [-0.25, -0.2) is 0 Å². The number of fused-ring (bicyclic) bond motifs is 2. The molecule has 0 saturated carbocycles. The molecule has 3 heterocycles. The average Bonchev–Trinajstić information content (AvgIpc) is 2.79. The monoisotopic (exact) mass is 424 g/mol. The van der Waals surface area contributed by atoms with Crippen molar-refractivity contribution >= 4 is 0 Å². The number of hydrogen-bond acceptors (Lipinski definition) is 4. The predicted molar refractivity (Wildman–Crippen MR) is 125 cm³/mol. The minimum Gasteiger partial charge on any atom is -0.507 e. The lowest BCUT2D eigenvalue weighted by Gasteiger charge is -2.15. The summed E-state index contributed by atoms with van der Waals surface area (Å²) >= 11 is 0. The topological polar surface area (TPSA) is 69.9 Å². The van der Waals surface area contributed by atoms with Crippen LogP contribution in [0.5, 0.6) is 28.7 Å². The summed E-state index contributed by atoms with van der Waals surface area (Å²) in [6, 6.07) is 24.3. The standard InChI is InChI=1S/C28H24O4/c29-24-15-10-20-6-11-21-2-1-3-25(30)28(21)23-14-9-19(16-26(23)31)5-4-18-7-12-22(13-8-18)32-27(24)17-20/h1-3,7-10,12-17,29-31H,4-6,11H2. The molecular formula is C28H24O4. The minimum atomic E-state index is 0.0923. The first-order valence-electron chi connectivity index (χ1n) is 10.8. The number of aromatic hydroxyl groups is 3. The SMILES string of the molecule is Oc1ccc2cc1Oc1ccc(cc1)CCc1ccc(c(O)c1)-c1c(O)cccc1CC2. The first-order valence-corrected chi connectivity index (χ1v) is 10.8. The number of phenolic OH excluding ortho intramolecular Hbond substituents is 3. The molecule has 0 radical (unpaired) electrons. The first-order chi connectivity index (χ1) is 15.6. The van der Waals surface area contributed by atoms with Gasteiger partial charge in [-0.15, -0.1) is 0 Å². The zero-order valence-corrected chi connectivity index (χ0v) is 17.6. The Hall–Kier alpha value is -3.92. The van der Waals surface area contributed by atoms with Crippen molar-refractivity contribution in [2.75, 3.05) is 0 Å². The van der Waals surface area contributed by atoms with E-state index in [0.717, 1.165) is 35.1 Å². The molecule has 7 rings (SSSR count). The Morgan fingerprint density at radius 1 is 0.562 bits per heavy atom. The molecule has 6 bridgehead atoms. The van der Waals surface area contributed by atoms with Crippen LogP contribution in [0.3, 0.4) is 0 Å². The quantitative estimate of drug-likeness (QED) is 0.317. The zero-order valence-electron chi connectivity index (χ0n) is 17.6. The van der Waals surface area contributed by atoms with Gasteiger partial charge in [0.25, 0.3) is 0 Å². The summed E-state index contributed by atoms with van der Waals surface area (Å²) in [6.45, 7) is 0. The van der Waals surface area contributed by atoms with E-state index in [0.29, 0.717) is 35.5 Å². The fourth-order valence-corrected chi connectivity index (χ4v) is 4.26. The van der Waals surface area contributed by atoms with Gasteiger partial charge in [0.15, 0.2) is 11.5 Å². The summed E-state index contributed by atoms with van der Waals surface area (Å²) < 4.78 is 5.95. The summed E-state index contributed by atoms with van der Waals surface area (Å²) in [5.41, 5.74) is 5.42. The highest BCUT2D eigenvalue weighted by atomic mass is 16.5. The lowest BCUT2D eigenvalue weighted by atomic mass is 9.92. The Balaban J connectivity index is 1.61. The fourth-order valence-electron chi connectivity index (χ4n) is 4.26. The average molecular weight is 424 g/mol. The Morgan fingerprint density at radius 3 is 2.06 bits per heavy atom. The van der Waals surface area contributed by atoms with Crippen molar-refractivity contribution in [3.05, 3.63) is 101 Å². The van der Waals surface area contributed by atoms with Gasteiger partial charge in [-0.1, -0.05) is 42.5 Å². The largest absolute Gasteiger partial charge is 0.507 e. The molecule has 0 aliphatic carbocycles. The van der Waals surface area contributed by atoms with Crippen LogP contribution in [0, 0.1) is 0 Å². The van der Waals surface area contributed by atoms with E-state index >= 15 is 0 Å². The summed E-state index contributed by atoms with van der Waals surface area (Å²) in [5, 5.41) is 31.7. The fraction of sp³-hybridized carbons (Fsp3) is 0.143. The van der Waals surface area contributed by atoms with E-state index in [-0.39, 0.29) is 17.2 Å². The molecule has 0 aromatic heterocycles. The molecule has 0 spiro atoms. The summed E-state index contributed by atoms with van der Waals surface area (Å²) in [7, 11) is 0. The van der Waals surface area contributed by atoms with E-state index in [2.05, 4.69) is 0 Å². The molecule has 3 aliphatic heterocycles. The Labute approximate surface area is 187 Å². The molecule has 160 valence electrons. The van der Waals surface area contributed by atoms with Crippen LogP contribution in [-0.2, 0) is 25.7 Å². The van der Waals surface area contributed by atoms with Gasteiger partial charge in [0.05, 0.1) is 0 Å². The first kappa shape index (κ1) is 20.0. The van der Waals surface area contributed by atoms with E-state index in [4.69, 9.17) is 4.74 Å². The number of phenols is 3. The van der Waals surface area contributed by atoms with Crippen molar-refractivity contribution in [2.24, 2.45) is 0 Å². The minimum absolute atomic E-state index is 0.0923. The van der Waals surface area contributed by atoms with Crippen molar-refractivity contribution in [3.8, 4) is 39.9 Å². The third-order valence-electron chi connectivity index (χ3n) is 6.02.